The quantitative estimate of drug-likeness (QED) is 0.727. The lowest BCUT2D eigenvalue weighted by atomic mass is 10.2. The molecular weight excluding hydrogens is 240 g/mol. The lowest BCUT2D eigenvalue weighted by Gasteiger charge is -2.17. The second-order valence-electron chi connectivity index (χ2n) is 3.72. The van der Waals surface area contributed by atoms with Crippen molar-refractivity contribution in [3.63, 3.8) is 0 Å². The number of nitrogens with one attached hydrogen (secondary N) is 1. The van der Waals surface area contributed by atoms with E-state index in [4.69, 9.17) is 9.47 Å². The van der Waals surface area contributed by atoms with Crippen LogP contribution in [0.5, 0.6) is 0 Å². The molecule has 0 bridgehead atoms. The van der Waals surface area contributed by atoms with Crippen LogP contribution in [0.1, 0.15) is 19.4 Å². The highest BCUT2D eigenvalue weighted by molar-refractivity contribution is 5.17. The Bertz CT molecular complexity index is 355. The SMILES string of the molecule is CCOC(CNCc1ccc(F)c(F)c1)OCC. The van der Waals surface area contributed by atoms with E-state index in [9.17, 15) is 8.78 Å². The van der Waals surface area contributed by atoms with Gasteiger partial charge < -0.3 is 14.8 Å². The Hall–Kier alpha value is -1.04. The zero-order valence-corrected chi connectivity index (χ0v) is 10.7. The first kappa shape index (κ1) is 15.0. The molecule has 1 rings (SSSR count). The topological polar surface area (TPSA) is 30.5 Å². The van der Waals surface area contributed by atoms with Crippen molar-refractivity contribution in [2.45, 2.75) is 26.7 Å². The highest BCUT2D eigenvalue weighted by Crippen LogP contribution is 2.08. The number of halogens is 2. The first-order chi connectivity index (χ1) is 8.67. The number of rotatable bonds is 8. The molecular formula is C13H19F2NO2. The van der Waals surface area contributed by atoms with Gasteiger partial charge in [-0.1, -0.05) is 6.07 Å². The van der Waals surface area contributed by atoms with Gasteiger partial charge in [-0.05, 0) is 31.5 Å². The van der Waals surface area contributed by atoms with Crippen LogP contribution in [0.15, 0.2) is 18.2 Å². The van der Waals surface area contributed by atoms with Gasteiger partial charge in [-0.25, -0.2) is 8.78 Å². The van der Waals surface area contributed by atoms with Crippen molar-refractivity contribution in [2.24, 2.45) is 0 Å². The third kappa shape index (κ3) is 5.08. The molecule has 3 nitrogen and oxygen atoms in total. The molecule has 0 aliphatic heterocycles. The zero-order chi connectivity index (χ0) is 13.4. The van der Waals surface area contributed by atoms with Crippen LogP contribution >= 0.6 is 0 Å². The minimum absolute atomic E-state index is 0.315. The normalized spacial score (nSPS) is 11.2. The Morgan fingerprint density at radius 1 is 1.11 bits per heavy atom. The molecule has 0 aromatic heterocycles. The molecule has 0 saturated heterocycles. The largest absolute Gasteiger partial charge is 0.352 e. The molecule has 0 saturated carbocycles. The molecule has 102 valence electrons. The van der Waals surface area contributed by atoms with E-state index in [0.29, 0.717) is 31.9 Å². The van der Waals surface area contributed by atoms with Crippen molar-refractivity contribution in [3.05, 3.63) is 35.4 Å². The maximum Gasteiger partial charge on any atom is 0.169 e. The summed E-state index contributed by atoms with van der Waals surface area (Å²) >= 11 is 0. The predicted octanol–water partition coefficient (Wildman–Crippen LogP) is 2.45. The van der Waals surface area contributed by atoms with E-state index < -0.39 is 11.6 Å². The molecule has 0 atom stereocenters. The Labute approximate surface area is 106 Å². The number of benzene rings is 1. The Kier molecular flexibility index (Phi) is 6.78. The average Bonchev–Trinajstić information content (AvgIpc) is 2.34. The molecule has 0 aliphatic rings. The van der Waals surface area contributed by atoms with Gasteiger partial charge >= 0.3 is 0 Å². The molecule has 1 N–H and O–H groups in total. The Morgan fingerprint density at radius 2 is 1.78 bits per heavy atom. The molecule has 0 fully saturated rings. The minimum Gasteiger partial charge on any atom is -0.352 e. The lowest BCUT2D eigenvalue weighted by molar-refractivity contribution is -0.133. The molecule has 1 aromatic carbocycles. The van der Waals surface area contributed by atoms with Gasteiger partial charge in [0, 0.05) is 26.3 Å². The van der Waals surface area contributed by atoms with E-state index in [1.54, 1.807) is 6.07 Å². The van der Waals surface area contributed by atoms with Crippen LogP contribution in [0.4, 0.5) is 8.78 Å². The summed E-state index contributed by atoms with van der Waals surface area (Å²) in [7, 11) is 0. The van der Waals surface area contributed by atoms with Crippen LogP contribution in [0, 0.1) is 11.6 Å². The van der Waals surface area contributed by atoms with Gasteiger partial charge in [0.05, 0.1) is 0 Å². The number of ether oxygens (including phenoxy) is 2. The average molecular weight is 259 g/mol. The fourth-order valence-corrected chi connectivity index (χ4v) is 1.52. The molecule has 0 radical (unpaired) electrons. The summed E-state index contributed by atoms with van der Waals surface area (Å²) in [6, 6.07) is 3.84. The zero-order valence-electron chi connectivity index (χ0n) is 10.7. The summed E-state index contributed by atoms with van der Waals surface area (Å²) < 4.78 is 36.4. The summed E-state index contributed by atoms with van der Waals surface area (Å²) in [4.78, 5) is 0. The molecule has 18 heavy (non-hydrogen) atoms. The second-order valence-corrected chi connectivity index (χ2v) is 3.72. The predicted molar refractivity (Wildman–Crippen MR) is 65.1 cm³/mol. The van der Waals surface area contributed by atoms with Gasteiger partial charge in [0.2, 0.25) is 0 Å². The lowest BCUT2D eigenvalue weighted by Crippen LogP contribution is -2.31. The maximum absolute atomic E-state index is 13.0. The molecule has 0 amide bonds. The van der Waals surface area contributed by atoms with E-state index in [0.717, 1.165) is 6.07 Å². The van der Waals surface area contributed by atoms with E-state index in [-0.39, 0.29) is 6.29 Å². The smallest absolute Gasteiger partial charge is 0.169 e. The molecule has 5 heteroatoms. The summed E-state index contributed by atoms with van der Waals surface area (Å²) in [5.74, 6) is -1.67. The van der Waals surface area contributed by atoms with Crippen molar-refractivity contribution < 1.29 is 18.3 Å². The van der Waals surface area contributed by atoms with Crippen LogP contribution in [0.3, 0.4) is 0 Å². The highest BCUT2D eigenvalue weighted by atomic mass is 19.2. The standard InChI is InChI=1S/C13H19F2NO2/c1-3-17-13(18-4-2)9-16-8-10-5-6-11(14)12(15)7-10/h5-7,13,16H,3-4,8-9H2,1-2H3. The second kappa shape index (κ2) is 8.13. The van der Waals surface area contributed by atoms with Gasteiger partial charge in [-0.15, -0.1) is 0 Å². The monoisotopic (exact) mass is 259 g/mol. The van der Waals surface area contributed by atoms with Crippen molar-refractivity contribution in [2.75, 3.05) is 19.8 Å². The first-order valence-electron chi connectivity index (χ1n) is 6.05. The van der Waals surface area contributed by atoms with Crippen molar-refractivity contribution in [1.29, 1.82) is 0 Å². The minimum atomic E-state index is -0.833. The van der Waals surface area contributed by atoms with E-state index in [1.807, 2.05) is 13.8 Å². The van der Waals surface area contributed by atoms with E-state index >= 15 is 0 Å². The summed E-state index contributed by atoms with van der Waals surface area (Å²) in [5.41, 5.74) is 0.681. The molecule has 1 aromatic rings. The van der Waals surface area contributed by atoms with Crippen LogP contribution in [-0.2, 0) is 16.0 Å². The Balaban J connectivity index is 2.37. The fraction of sp³-hybridized carbons (Fsp3) is 0.538. The summed E-state index contributed by atoms with van der Waals surface area (Å²) in [6.07, 6.45) is -0.315. The third-order valence-electron chi connectivity index (χ3n) is 2.33. The van der Waals surface area contributed by atoms with Gasteiger partial charge in [-0.2, -0.15) is 0 Å². The summed E-state index contributed by atoms with van der Waals surface area (Å²) in [6.45, 7) is 5.85. The molecule has 0 unspecified atom stereocenters. The van der Waals surface area contributed by atoms with Crippen LogP contribution in [-0.4, -0.2) is 26.0 Å². The van der Waals surface area contributed by atoms with Crippen molar-refractivity contribution in [3.8, 4) is 0 Å². The van der Waals surface area contributed by atoms with Gasteiger partial charge in [0.15, 0.2) is 17.9 Å². The van der Waals surface area contributed by atoms with Crippen LogP contribution < -0.4 is 5.32 Å². The van der Waals surface area contributed by atoms with E-state index in [2.05, 4.69) is 5.32 Å². The highest BCUT2D eigenvalue weighted by Gasteiger charge is 2.07. The van der Waals surface area contributed by atoms with Crippen molar-refractivity contribution >= 4 is 0 Å². The van der Waals surface area contributed by atoms with Gasteiger partial charge in [0.25, 0.3) is 0 Å². The third-order valence-corrected chi connectivity index (χ3v) is 2.33. The molecule has 0 spiro atoms. The number of hydrogen-bond donors (Lipinski definition) is 1. The Morgan fingerprint density at radius 3 is 2.33 bits per heavy atom. The maximum atomic E-state index is 13.0. The van der Waals surface area contributed by atoms with Gasteiger partial charge in [0.1, 0.15) is 0 Å². The fourth-order valence-electron chi connectivity index (χ4n) is 1.52. The first-order valence-corrected chi connectivity index (χ1v) is 6.05. The van der Waals surface area contributed by atoms with Crippen LogP contribution in [0.25, 0.3) is 0 Å². The molecule has 0 heterocycles. The van der Waals surface area contributed by atoms with E-state index in [1.165, 1.54) is 6.07 Å². The number of hydrogen-bond acceptors (Lipinski definition) is 3. The molecule has 0 aliphatic carbocycles. The van der Waals surface area contributed by atoms with Crippen molar-refractivity contribution in [1.82, 2.24) is 5.32 Å². The summed E-state index contributed by atoms with van der Waals surface area (Å²) in [5, 5.41) is 3.08. The van der Waals surface area contributed by atoms with Gasteiger partial charge in [-0.3, -0.25) is 0 Å². The van der Waals surface area contributed by atoms with Crippen LogP contribution in [0.2, 0.25) is 0 Å².